The highest BCUT2D eigenvalue weighted by Crippen LogP contribution is 2.34. The third-order valence-electron chi connectivity index (χ3n) is 3.10. The molecule has 0 atom stereocenters. The second-order valence-electron chi connectivity index (χ2n) is 4.14. The predicted molar refractivity (Wildman–Crippen MR) is 80.7 cm³/mol. The Morgan fingerprint density at radius 3 is 2.76 bits per heavy atom. The summed E-state index contributed by atoms with van der Waals surface area (Å²) in [5.74, 6) is 0. The smallest absolute Gasteiger partial charge is 0.0705 e. The van der Waals surface area contributed by atoms with E-state index in [1.165, 1.54) is 25.4 Å². The van der Waals surface area contributed by atoms with Gasteiger partial charge in [-0.15, -0.1) is 0 Å². The van der Waals surface area contributed by atoms with E-state index in [4.69, 9.17) is 11.6 Å². The van der Waals surface area contributed by atoms with E-state index in [0.717, 1.165) is 10.7 Å². The maximum absolute atomic E-state index is 6.14. The number of halogens is 2. The molecule has 0 aliphatic carbocycles. The second-order valence-corrected chi connectivity index (χ2v) is 5.73. The molecule has 0 saturated heterocycles. The molecule has 0 saturated carbocycles. The lowest BCUT2D eigenvalue weighted by atomic mass is 10.2. The Kier molecular flexibility index (Phi) is 2.56. The van der Waals surface area contributed by atoms with Gasteiger partial charge in [0.2, 0.25) is 0 Å². The first-order valence-corrected chi connectivity index (χ1v) is 6.74. The van der Waals surface area contributed by atoms with Crippen molar-refractivity contribution in [2.75, 3.05) is 0 Å². The Balaban J connectivity index is 2.68. The lowest BCUT2D eigenvalue weighted by molar-refractivity contribution is 0.994. The van der Waals surface area contributed by atoms with Crippen molar-refractivity contribution in [3.8, 4) is 0 Å². The zero-order valence-electron chi connectivity index (χ0n) is 9.46. The van der Waals surface area contributed by atoms with Crippen LogP contribution in [0.5, 0.6) is 0 Å². The van der Waals surface area contributed by atoms with Gasteiger partial charge in [0.05, 0.1) is 16.7 Å². The Morgan fingerprint density at radius 1 is 1.24 bits per heavy atom. The average molecular weight is 357 g/mol. The fourth-order valence-corrected chi connectivity index (χ4v) is 3.81. The molecule has 2 aromatic heterocycles. The highest BCUT2D eigenvalue weighted by Gasteiger charge is 2.13. The Labute approximate surface area is 118 Å². The van der Waals surface area contributed by atoms with Crippen molar-refractivity contribution in [1.29, 1.82) is 0 Å². The van der Waals surface area contributed by atoms with Crippen LogP contribution in [-0.2, 0) is 7.05 Å². The van der Waals surface area contributed by atoms with Gasteiger partial charge in [-0.2, -0.15) is 0 Å². The van der Waals surface area contributed by atoms with Gasteiger partial charge in [-0.25, -0.2) is 0 Å². The molecule has 0 radical (unpaired) electrons. The van der Waals surface area contributed by atoms with E-state index < -0.39 is 0 Å². The van der Waals surface area contributed by atoms with Crippen molar-refractivity contribution in [3.05, 3.63) is 38.7 Å². The number of benzene rings is 1. The minimum atomic E-state index is 0.781. The molecule has 1 aromatic carbocycles. The molecule has 0 N–H and O–H groups in total. The van der Waals surface area contributed by atoms with Crippen LogP contribution in [0.4, 0.5) is 0 Å². The third-order valence-corrected chi connectivity index (χ3v) is 4.14. The van der Waals surface area contributed by atoms with Gasteiger partial charge in [-0.1, -0.05) is 11.6 Å². The van der Waals surface area contributed by atoms with Crippen molar-refractivity contribution < 1.29 is 0 Å². The van der Waals surface area contributed by atoms with Gasteiger partial charge in [0, 0.05) is 32.6 Å². The molecule has 0 aliphatic rings. The zero-order valence-corrected chi connectivity index (χ0v) is 12.4. The van der Waals surface area contributed by atoms with Crippen LogP contribution in [0.3, 0.4) is 0 Å². The first kappa shape index (κ1) is 11.3. The summed E-state index contributed by atoms with van der Waals surface area (Å²) in [6.45, 7) is 2.04. The van der Waals surface area contributed by atoms with Crippen molar-refractivity contribution >= 4 is 56.0 Å². The van der Waals surface area contributed by atoms with E-state index in [0.29, 0.717) is 0 Å². The maximum Gasteiger partial charge on any atom is 0.0705 e. The van der Waals surface area contributed by atoms with Crippen molar-refractivity contribution in [3.63, 3.8) is 0 Å². The van der Waals surface area contributed by atoms with E-state index in [-0.39, 0.29) is 0 Å². The number of aryl methyl sites for hydroxylation is 2. The van der Waals surface area contributed by atoms with E-state index in [9.17, 15) is 0 Å². The Morgan fingerprint density at radius 2 is 2.00 bits per heavy atom. The summed E-state index contributed by atoms with van der Waals surface area (Å²) in [6, 6.07) is 6.07. The summed E-state index contributed by atoms with van der Waals surface area (Å²) in [4.78, 5) is 4.36. The van der Waals surface area contributed by atoms with Gasteiger partial charge in [-0.3, -0.25) is 4.98 Å². The number of fused-ring (bicyclic) bond motifs is 3. The van der Waals surface area contributed by atoms with Gasteiger partial charge in [0.25, 0.3) is 0 Å². The quantitative estimate of drug-likeness (QED) is 0.549. The molecule has 2 heterocycles. The van der Waals surface area contributed by atoms with Crippen LogP contribution in [0, 0.1) is 10.5 Å². The van der Waals surface area contributed by atoms with Gasteiger partial charge in [-0.05, 0) is 47.7 Å². The molecule has 0 aliphatic heterocycles. The molecular formula is C13H10ClIN2. The topological polar surface area (TPSA) is 17.8 Å². The molecular weight excluding hydrogens is 347 g/mol. The minimum Gasteiger partial charge on any atom is -0.341 e. The summed E-state index contributed by atoms with van der Waals surface area (Å²) < 4.78 is 3.37. The molecule has 0 fully saturated rings. The van der Waals surface area contributed by atoms with Crippen LogP contribution in [0.1, 0.15) is 5.69 Å². The molecule has 0 amide bonds. The SMILES string of the molecule is Cc1nccc2c3cc(Cl)cc(I)c3n(C)c12. The van der Waals surface area contributed by atoms with Crippen LogP contribution in [-0.4, -0.2) is 9.55 Å². The Hall–Kier alpha value is -0.810. The average Bonchev–Trinajstić information content (AvgIpc) is 2.54. The van der Waals surface area contributed by atoms with Crippen LogP contribution in [0.2, 0.25) is 5.02 Å². The van der Waals surface area contributed by atoms with Gasteiger partial charge >= 0.3 is 0 Å². The minimum absolute atomic E-state index is 0.781. The summed E-state index contributed by atoms with van der Waals surface area (Å²) in [5.41, 5.74) is 3.46. The van der Waals surface area contributed by atoms with Gasteiger partial charge < -0.3 is 4.57 Å². The number of hydrogen-bond acceptors (Lipinski definition) is 1. The molecule has 17 heavy (non-hydrogen) atoms. The van der Waals surface area contributed by atoms with E-state index in [1.54, 1.807) is 0 Å². The van der Waals surface area contributed by atoms with Crippen molar-refractivity contribution in [2.24, 2.45) is 7.05 Å². The van der Waals surface area contributed by atoms with Gasteiger partial charge in [0.15, 0.2) is 0 Å². The fraction of sp³-hybridized carbons (Fsp3) is 0.154. The summed E-state index contributed by atoms with van der Waals surface area (Å²) >= 11 is 8.47. The first-order valence-electron chi connectivity index (χ1n) is 5.28. The fourth-order valence-electron chi connectivity index (χ4n) is 2.42. The Bertz CT molecular complexity index is 746. The van der Waals surface area contributed by atoms with Crippen molar-refractivity contribution in [2.45, 2.75) is 6.92 Å². The number of nitrogens with zero attached hydrogens (tertiary/aromatic N) is 2. The molecule has 4 heteroatoms. The number of hydrogen-bond donors (Lipinski definition) is 0. The van der Waals surface area contributed by atoms with Crippen molar-refractivity contribution in [1.82, 2.24) is 9.55 Å². The molecule has 0 spiro atoms. The monoisotopic (exact) mass is 356 g/mol. The normalized spacial score (nSPS) is 11.5. The van der Waals surface area contributed by atoms with Gasteiger partial charge in [0.1, 0.15) is 0 Å². The largest absolute Gasteiger partial charge is 0.341 e. The van der Waals surface area contributed by atoms with Crippen LogP contribution >= 0.6 is 34.2 Å². The molecule has 2 nitrogen and oxygen atoms in total. The summed E-state index contributed by atoms with van der Waals surface area (Å²) in [6.07, 6.45) is 1.85. The molecule has 0 unspecified atom stereocenters. The molecule has 3 aromatic rings. The first-order chi connectivity index (χ1) is 8.09. The number of aromatic nitrogens is 2. The molecule has 3 rings (SSSR count). The van der Waals surface area contributed by atoms with Crippen LogP contribution in [0.25, 0.3) is 21.8 Å². The zero-order chi connectivity index (χ0) is 12.2. The highest BCUT2D eigenvalue weighted by atomic mass is 127. The molecule has 86 valence electrons. The standard InChI is InChI=1S/C13H10ClIN2/c1-7-12-9(3-4-16-7)10-5-8(14)6-11(15)13(10)17(12)2/h3-6H,1-2H3. The lowest BCUT2D eigenvalue weighted by Gasteiger charge is -2.02. The second kappa shape index (κ2) is 3.85. The van der Waals surface area contributed by atoms with E-state index in [2.05, 4.69) is 45.3 Å². The summed E-state index contributed by atoms with van der Waals surface area (Å²) in [5, 5.41) is 3.20. The van der Waals surface area contributed by atoms with Crippen LogP contribution in [0.15, 0.2) is 24.4 Å². The number of rotatable bonds is 0. The lowest BCUT2D eigenvalue weighted by Crippen LogP contribution is -1.92. The predicted octanol–water partition coefficient (Wildman–Crippen LogP) is 4.29. The van der Waals surface area contributed by atoms with E-state index >= 15 is 0 Å². The molecule has 0 bridgehead atoms. The number of pyridine rings is 1. The summed E-state index contributed by atoms with van der Waals surface area (Å²) in [7, 11) is 2.08. The highest BCUT2D eigenvalue weighted by molar-refractivity contribution is 14.1. The third kappa shape index (κ3) is 1.56. The van der Waals surface area contributed by atoms with Crippen LogP contribution < -0.4 is 0 Å². The maximum atomic E-state index is 6.14. The van der Waals surface area contributed by atoms with E-state index in [1.807, 2.05) is 25.3 Å².